The summed E-state index contributed by atoms with van der Waals surface area (Å²) in [5.41, 5.74) is -0.204. The van der Waals surface area contributed by atoms with Gasteiger partial charge in [-0.3, -0.25) is 9.69 Å². The summed E-state index contributed by atoms with van der Waals surface area (Å²) in [6.07, 6.45) is -8.37. The molecule has 10 heteroatoms. The molecule has 1 N–H and O–H groups in total. The van der Waals surface area contributed by atoms with Gasteiger partial charge in [0.15, 0.2) is 0 Å². The van der Waals surface area contributed by atoms with Crippen LogP contribution in [0.25, 0.3) is 0 Å². The Morgan fingerprint density at radius 1 is 1.06 bits per heavy atom. The molecule has 1 saturated heterocycles. The lowest BCUT2D eigenvalue weighted by Crippen LogP contribution is -2.46. The maximum absolute atomic E-state index is 13.2. The van der Waals surface area contributed by atoms with Crippen LogP contribution >= 0.6 is 0 Å². The highest BCUT2D eigenvalue weighted by Crippen LogP contribution is 2.43. The average molecular weight is 540 g/mol. The number of nitrogens with zero attached hydrogens (tertiary/aromatic N) is 1. The van der Waals surface area contributed by atoms with Gasteiger partial charge in [-0.15, -0.1) is 0 Å². The zero-order valence-electron chi connectivity index (χ0n) is 21.8. The molecule has 0 radical (unpaired) electrons. The highest BCUT2D eigenvalue weighted by atomic mass is 28.3. The van der Waals surface area contributed by atoms with Crippen LogP contribution in [-0.4, -0.2) is 42.8 Å². The molecule has 3 atom stereocenters. The van der Waals surface area contributed by atoms with Gasteiger partial charge in [-0.25, -0.2) is 0 Å². The van der Waals surface area contributed by atoms with Crippen LogP contribution in [0.1, 0.15) is 76.5 Å². The average Bonchev–Trinajstić information content (AvgIpc) is 2.71. The number of likely N-dealkylation sites (tertiary alicyclic amines) is 1. The lowest BCUT2D eigenvalue weighted by Gasteiger charge is -2.46. The summed E-state index contributed by atoms with van der Waals surface area (Å²) in [6.45, 7) is 11.4. The van der Waals surface area contributed by atoms with Gasteiger partial charge in [0.2, 0.25) is 0 Å². The van der Waals surface area contributed by atoms with Crippen molar-refractivity contribution in [1.82, 2.24) is 4.90 Å². The predicted octanol–water partition coefficient (Wildman–Crippen LogP) is 8.54. The molecule has 1 aliphatic rings. The van der Waals surface area contributed by atoms with Gasteiger partial charge in [0.05, 0.1) is 13.6 Å². The van der Waals surface area contributed by atoms with Gasteiger partial charge >= 0.3 is 18.3 Å². The molecule has 0 aromatic heterocycles. The van der Waals surface area contributed by atoms with Crippen molar-refractivity contribution in [3.05, 3.63) is 35.4 Å². The van der Waals surface area contributed by atoms with Crippen molar-refractivity contribution in [2.24, 2.45) is 5.92 Å². The van der Waals surface area contributed by atoms with E-state index >= 15 is 0 Å². The second kappa shape index (κ2) is 11.5. The first kappa shape index (κ1) is 30.7. The first-order chi connectivity index (χ1) is 16.3. The maximum Gasteiger partial charge on any atom is 0.416 e. The fourth-order valence-corrected chi connectivity index (χ4v) is 6.66. The highest BCUT2D eigenvalue weighted by molar-refractivity contribution is 6.80. The van der Waals surface area contributed by atoms with E-state index in [9.17, 15) is 36.2 Å². The molecule has 1 fully saturated rings. The number of benzene rings is 1. The Morgan fingerprint density at radius 3 is 2.11 bits per heavy atom. The highest BCUT2D eigenvalue weighted by Gasteiger charge is 2.40. The zero-order valence-corrected chi connectivity index (χ0v) is 22.8. The van der Waals surface area contributed by atoms with Gasteiger partial charge in [0, 0.05) is 24.9 Å². The van der Waals surface area contributed by atoms with Crippen LogP contribution in [0, 0.1) is 5.92 Å². The minimum Gasteiger partial charge on any atom is -0.481 e. The van der Waals surface area contributed by atoms with Gasteiger partial charge in [0.1, 0.15) is 0 Å². The third-order valence-electron chi connectivity index (χ3n) is 8.20. The summed E-state index contributed by atoms with van der Waals surface area (Å²) < 4.78 is 79.1. The number of carbonyl (C=O) groups is 1. The van der Waals surface area contributed by atoms with Gasteiger partial charge in [-0.05, 0) is 60.9 Å². The van der Waals surface area contributed by atoms with Gasteiger partial charge < -0.3 is 5.11 Å². The molecule has 0 bridgehead atoms. The summed E-state index contributed by atoms with van der Waals surface area (Å²) in [6, 6.07) is 4.77. The number of carboxylic acid groups (broad SMARTS) is 1. The minimum atomic E-state index is -4.49. The van der Waals surface area contributed by atoms with Gasteiger partial charge in [-0.1, -0.05) is 52.0 Å². The lowest BCUT2D eigenvalue weighted by atomic mass is 9.83. The topological polar surface area (TPSA) is 40.5 Å². The summed E-state index contributed by atoms with van der Waals surface area (Å²) >= 11 is 0. The van der Waals surface area contributed by atoms with E-state index in [1.807, 2.05) is 4.90 Å². The van der Waals surface area contributed by atoms with Crippen LogP contribution in [0.15, 0.2) is 24.3 Å². The molecule has 3 nitrogen and oxygen atoms in total. The summed E-state index contributed by atoms with van der Waals surface area (Å²) in [5, 5.41) is 9.36. The van der Waals surface area contributed by atoms with Crippen LogP contribution in [0.5, 0.6) is 0 Å². The smallest absolute Gasteiger partial charge is 0.416 e. The first-order valence-corrected chi connectivity index (χ1v) is 15.7. The minimum absolute atomic E-state index is 0.0673. The third-order valence-corrected chi connectivity index (χ3v) is 13.8. The maximum atomic E-state index is 13.2. The molecule has 1 aliphatic heterocycles. The van der Waals surface area contributed by atoms with E-state index in [1.165, 1.54) is 12.1 Å². The molecular formula is C26H39F6NO2Si. The Hall–Kier alpha value is -1.55. The normalized spacial score (nSPS) is 21.4. The molecule has 36 heavy (non-hydrogen) atoms. The van der Waals surface area contributed by atoms with Crippen molar-refractivity contribution >= 4 is 14.0 Å². The fourth-order valence-electron chi connectivity index (χ4n) is 4.86. The van der Waals surface area contributed by atoms with E-state index in [4.69, 9.17) is 0 Å². The van der Waals surface area contributed by atoms with Crippen LogP contribution in [0.2, 0.25) is 24.2 Å². The second-order valence-electron chi connectivity index (χ2n) is 11.8. The third kappa shape index (κ3) is 8.78. The summed E-state index contributed by atoms with van der Waals surface area (Å²) in [4.78, 5) is 13.4. The van der Waals surface area contributed by atoms with E-state index in [0.717, 1.165) is 18.2 Å². The molecule has 1 aromatic carbocycles. The first-order valence-electron chi connectivity index (χ1n) is 12.5. The number of alkyl halides is 6. The standard InChI is InChI=1S/C26H39F6NO2Si/c1-24(2,3)36(4,5)15-12-21(10-13-25(27,28)29)33-14-11-18(17-23(34)35)16-22(33)19-6-8-20(9-7-19)26(30,31)32/h6-9,18,21-22H,10-17H2,1-5H3,(H,34,35)/t18-,21+,22+/m1/s1. The number of carboxylic acids is 1. The number of hydrogen-bond acceptors (Lipinski definition) is 2. The van der Waals surface area contributed by atoms with Gasteiger partial charge in [-0.2, -0.15) is 26.3 Å². The Balaban J connectivity index is 2.39. The van der Waals surface area contributed by atoms with E-state index in [2.05, 4.69) is 33.9 Å². The van der Waals surface area contributed by atoms with E-state index in [0.29, 0.717) is 31.4 Å². The molecular weight excluding hydrogens is 500 g/mol. The van der Waals surface area contributed by atoms with Crippen molar-refractivity contribution in [1.29, 1.82) is 0 Å². The Morgan fingerprint density at radius 2 is 1.64 bits per heavy atom. The summed E-state index contributed by atoms with van der Waals surface area (Å²) in [5.74, 6) is -1.14. The Labute approximate surface area is 211 Å². The Kier molecular flexibility index (Phi) is 9.76. The van der Waals surface area contributed by atoms with E-state index in [1.54, 1.807) is 0 Å². The number of aliphatic carboxylic acids is 1. The molecule has 2 rings (SSSR count). The molecule has 0 saturated carbocycles. The Bertz CT molecular complexity index is 861. The molecule has 0 unspecified atom stereocenters. The molecule has 0 amide bonds. The van der Waals surface area contributed by atoms with E-state index in [-0.39, 0.29) is 29.8 Å². The van der Waals surface area contributed by atoms with Crippen LogP contribution in [-0.2, 0) is 11.0 Å². The van der Waals surface area contributed by atoms with Crippen molar-refractivity contribution in [3.63, 3.8) is 0 Å². The molecule has 0 aliphatic carbocycles. The van der Waals surface area contributed by atoms with Gasteiger partial charge in [0.25, 0.3) is 0 Å². The zero-order chi connectivity index (χ0) is 27.5. The monoisotopic (exact) mass is 539 g/mol. The van der Waals surface area contributed by atoms with Crippen molar-refractivity contribution < 1.29 is 36.2 Å². The summed E-state index contributed by atoms with van der Waals surface area (Å²) in [7, 11) is -1.78. The fraction of sp³-hybridized carbons (Fsp3) is 0.731. The number of halogens is 6. The number of piperidine rings is 1. The second-order valence-corrected chi connectivity index (χ2v) is 17.6. The molecule has 0 spiro atoms. The van der Waals surface area contributed by atoms with Crippen molar-refractivity contribution in [2.45, 2.75) is 108 Å². The molecule has 1 heterocycles. The lowest BCUT2D eigenvalue weighted by molar-refractivity contribution is -0.141. The van der Waals surface area contributed by atoms with Crippen molar-refractivity contribution in [3.8, 4) is 0 Å². The molecule has 206 valence electrons. The van der Waals surface area contributed by atoms with Crippen LogP contribution in [0.3, 0.4) is 0 Å². The number of hydrogen-bond donors (Lipinski definition) is 1. The van der Waals surface area contributed by atoms with Crippen molar-refractivity contribution in [2.75, 3.05) is 6.54 Å². The van der Waals surface area contributed by atoms with E-state index < -0.39 is 44.4 Å². The quantitative estimate of drug-likeness (QED) is 0.252. The van der Waals surface area contributed by atoms with Crippen LogP contribution in [0.4, 0.5) is 26.3 Å². The number of rotatable bonds is 9. The predicted molar refractivity (Wildman–Crippen MR) is 132 cm³/mol. The SMILES string of the molecule is CC(C)(C)[Si](C)(C)CC[C@H](CCC(F)(F)F)N1CC[C@@H](CC(=O)O)C[C@H]1c1ccc(C(F)(F)F)cc1. The largest absolute Gasteiger partial charge is 0.481 e. The van der Waals surface area contributed by atoms with Crippen LogP contribution < -0.4 is 0 Å². The molecule has 1 aromatic rings.